The summed E-state index contributed by atoms with van der Waals surface area (Å²) in [5, 5.41) is 3.93. The highest BCUT2D eigenvalue weighted by Crippen LogP contribution is 2.42. The number of H-pyrrole nitrogens is 1. The number of aromatic nitrogens is 1. The first-order valence-electron chi connectivity index (χ1n) is 8.59. The van der Waals surface area contributed by atoms with E-state index in [0.717, 1.165) is 16.7 Å². The van der Waals surface area contributed by atoms with Crippen LogP contribution in [0.4, 0.5) is 0 Å². The zero-order chi connectivity index (χ0) is 16.2. The topological polar surface area (TPSA) is 54.1 Å². The summed E-state index contributed by atoms with van der Waals surface area (Å²) in [6.45, 7) is 0. The van der Waals surface area contributed by atoms with Crippen LogP contribution in [0.1, 0.15) is 50.0 Å². The molecule has 1 saturated carbocycles. The summed E-state index contributed by atoms with van der Waals surface area (Å²) in [5.74, 6) is 1.83. The van der Waals surface area contributed by atoms with E-state index in [4.69, 9.17) is 4.74 Å². The van der Waals surface area contributed by atoms with Crippen LogP contribution in [0, 0.1) is 5.92 Å². The van der Waals surface area contributed by atoms with E-state index in [2.05, 4.69) is 22.6 Å². The average molecular weight is 314 g/mol. The fourth-order valence-corrected chi connectivity index (χ4v) is 4.01. The van der Waals surface area contributed by atoms with Gasteiger partial charge in [-0.3, -0.25) is 4.79 Å². The maximum atomic E-state index is 12.1. The fourth-order valence-electron chi connectivity index (χ4n) is 4.01. The monoisotopic (exact) mass is 314 g/mol. The van der Waals surface area contributed by atoms with Crippen LogP contribution in [0.15, 0.2) is 24.4 Å². The number of nitrogens with one attached hydrogen (secondary N) is 2. The Morgan fingerprint density at radius 2 is 2.13 bits per heavy atom. The Morgan fingerprint density at radius 3 is 2.83 bits per heavy atom. The van der Waals surface area contributed by atoms with E-state index in [1.165, 1.54) is 37.7 Å². The third-order valence-corrected chi connectivity index (χ3v) is 5.22. The van der Waals surface area contributed by atoms with E-state index in [1.807, 2.05) is 12.1 Å². The molecular formula is C19H26N2O2. The molecule has 1 aromatic carbocycles. The van der Waals surface area contributed by atoms with Gasteiger partial charge in [0.25, 0.3) is 0 Å². The van der Waals surface area contributed by atoms with Crippen LogP contribution >= 0.6 is 0 Å². The van der Waals surface area contributed by atoms with E-state index < -0.39 is 0 Å². The summed E-state index contributed by atoms with van der Waals surface area (Å²) in [6.07, 6.45) is 8.91. The lowest BCUT2D eigenvalue weighted by atomic mass is 9.75. The standard InChI is InChI=1S/C19H26N2O2/c1-20-18(22)11-14(13-7-4-3-5-8-13)15-12-21-16-9-6-10-17(23-2)19(15)16/h6,9-10,12-14,21H,3-5,7-8,11H2,1-2H3,(H,20,22). The summed E-state index contributed by atoms with van der Waals surface area (Å²) in [5.41, 5.74) is 2.31. The summed E-state index contributed by atoms with van der Waals surface area (Å²) >= 11 is 0. The van der Waals surface area contributed by atoms with E-state index in [9.17, 15) is 4.79 Å². The van der Waals surface area contributed by atoms with Crippen molar-refractivity contribution in [3.63, 3.8) is 0 Å². The Labute approximate surface area is 137 Å². The first-order valence-corrected chi connectivity index (χ1v) is 8.59. The van der Waals surface area contributed by atoms with Crippen molar-refractivity contribution in [1.29, 1.82) is 0 Å². The molecule has 0 saturated heterocycles. The molecule has 0 aliphatic heterocycles. The third-order valence-electron chi connectivity index (χ3n) is 5.22. The average Bonchev–Trinajstić information content (AvgIpc) is 3.04. The molecule has 1 atom stereocenters. The Bertz CT molecular complexity index is 671. The molecule has 1 amide bonds. The number of amides is 1. The molecule has 3 rings (SSSR count). The molecule has 124 valence electrons. The Morgan fingerprint density at radius 1 is 1.35 bits per heavy atom. The number of aromatic amines is 1. The summed E-state index contributed by atoms with van der Waals surface area (Å²) in [4.78, 5) is 15.5. The Hall–Kier alpha value is -1.97. The predicted octanol–water partition coefficient (Wildman–Crippen LogP) is 3.98. The number of benzene rings is 1. The fraction of sp³-hybridized carbons (Fsp3) is 0.526. The number of fused-ring (bicyclic) bond motifs is 1. The molecule has 4 nitrogen and oxygen atoms in total. The lowest BCUT2D eigenvalue weighted by Gasteiger charge is -2.30. The number of hydrogen-bond donors (Lipinski definition) is 2. The molecule has 1 aromatic heterocycles. The van der Waals surface area contributed by atoms with Crippen LogP contribution in [0.25, 0.3) is 10.9 Å². The zero-order valence-corrected chi connectivity index (χ0v) is 14.0. The van der Waals surface area contributed by atoms with E-state index in [-0.39, 0.29) is 11.8 Å². The number of ether oxygens (including phenoxy) is 1. The van der Waals surface area contributed by atoms with Crippen molar-refractivity contribution in [2.24, 2.45) is 5.92 Å². The molecular weight excluding hydrogens is 288 g/mol. The van der Waals surface area contributed by atoms with Gasteiger partial charge in [0, 0.05) is 30.6 Å². The maximum Gasteiger partial charge on any atom is 0.220 e. The van der Waals surface area contributed by atoms with Crippen LogP contribution in [-0.2, 0) is 4.79 Å². The normalized spacial score (nSPS) is 17.1. The Balaban J connectivity index is 2.03. The van der Waals surface area contributed by atoms with E-state index in [1.54, 1.807) is 14.2 Å². The van der Waals surface area contributed by atoms with Gasteiger partial charge in [-0.25, -0.2) is 0 Å². The third kappa shape index (κ3) is 3.21. The van der Waals surface area contributed by atoms with Crippen LogP contribution in [-0.4, -0.2) is 25.0 Å². The van der Waals surface area contributed by atoms with Gasteiger partial charge in [0.1, 0.15) is 5.75 Å². The highest BCUT2D eigenvalue weighted by atomic mass is 16.5. The van der Waals surface area contributed by atoms with E-state index >= 15 is 0 Å². The first-order chi connectivity index (χ1) is 11.2. The molecule has 1 aliphatic carbocycles. The second-order valence-electron chi connectivity index (χ2n) is 6.51. The highest BCUT2D eigenvalue weighted by Gasteiger charge is 2.29. The molecule has 2 N–H and O–H groups in total. The van der Waals surface area contributed by atoms with Crippen molar-refractivity contribution in [2.45, 2.75) is 44.4 Å². The van der Waals surface area contributed by atoms with Gasteiger partial charge >= 0.3 is 0 Å². The SMILES string of the molecule is CNC(=O)CC(c1c[nH]c2cccc(OC)c12)C1CCCCC1. The molecule has 1 unspecified atom stereocenters. The van der Waals surface area contributed by atoms with Crippen molar-refractivity contribution in [3.05, 3.63) is 30.0 Å². The van der Waals surface area contributed by atoms with Gasteiger partial charge in [0.15, 0.2) is 0 Å². The Kier molecular flexibility index (Phi) is 4.89. The predicted molar refractivity (Wildman–Crippen MR) is 92.9 cm³/mol. The minimum atomic E-state index is 0.116. The second-order valence-corrected chi connectivity index (χ2v) is 6.51. The smallest absolute Gasteiger partial charge is 0.220 e. The van der Waals surface area contributed by atoms with Crippen molar-refractivity contribution in [3.8, 4) is 5.75 Å². The molecule has 1 heterocycles. The second kappa shape index (κ2) is 7.07. The molecule has 0 radical (unpaired) electrons. The summed E-state index contributed by atoms with van der Waals surface area (Å²) < 4.78 is 5.57. The number of rotatable bonds is 5. The number of carbonyl (C=O) groups excluding carboxylic acids is 1. The van der Waals surface area contributed by atoms with Crippen LogP contribution < -0.4 is 10.1 Å². The summed E-state index contributed by atoms with van der Waals surface area (Å²) in [6, 6.07) is 6.06. The zero-order valence-electron chi connectivity index (χ0n) is 14.0. The van der Waals surface area contributed by atoms with Gasteiger partial charge in [-0.1, -0.05) is 25.3 Å². The molecule has 4 heteroatoms. The van der Waals surface area contributed by atoms with Crippen molar-refractivity contribution in [2.75, 3.05) is 14.2 Å². The van der Waals surface area contributed by atoms with Gasteiger partial charge in [-0.05, 0) is 42.4 Å². The molecule has 0 bridgehead atoms. The van der Waals surface area contributed by atoms with Crippen molar-refractivity contribution in [1.82, 2.24) is 10.3 Å². The summed E-state index contributed by atoms with van der Waals surface area (Å²) in [7, 11) is 3.43. The highest BCUT2D eigenvalue weighted by molar-refractivity contribution is 5.90. The lowest BCUT2D eigenvalue weighted by molar-refractivity contribution is -0.121. The van der Waals surface area contributed by atoms with Gasteiger partial charge in [0.2, 0.25) is 5.91 Å². The van der Waals surface area contributed by atoms with Crippen LogP contribution in [0.3, 0.4) is 0 Å². The molecule has 23 heavy (non-hydrogen) atoms. The van der Waals surface area contributed by atoms with E-state index in [0.29, 0.717) is 12.3 Å². The quantitative estimate of drug-likeness (QED) is 0.877. The van der Waals surface area contributed by atoms with Gasteiger partial charge in [-0.2, -0.15) is 0 Å². The maximum absolute atomic E-state index is 12.1. The number of methoxy groups -OCH3 is 1. The molecule has 0 spiro atoms. The van der Waals surface area contributed by atoms with Crippen molar-refractivity contribution < 1.29 is 9.53 Å². The minimum Gasteiger partial charge on any atom is -0.496 e. The van der Waals surface area contributed by atoms with Crippen LogP contribution in [0.5, 0.6) is 5.75 Å². The lowest BCUT2D eigenvalue weighted by Crippen LogP contribution is -2.25. The van der Waals surface area contributed by atoms with Gasteiger partial charge in [-0.15, -0.1) is 0 Å². The largest absolute Gasteiger partial charge is 0.496 e. The van der Waals surface area contributed by atoms with Gasteiger partial charge in [0.05, 0.1) is 7.11 Å². The minimum absolute atomic E-state index is 0.116. The molecule has 1 fully saturated rings. The van der Waals surface area contributed by atoms with Crippen LogP contribution in [0.2, 0.25) is 0 Å². The number of hydrogen-bond acceptors (Lipinski definition) is 2. The first kappa shape index (κ1) is 15.9. The van der Waals surface area contributed by atoms with Gasteiger partial charge < -0.3 is 15.0 Å². The van der Waals surface area contributed by atoms with Crippen molar-refractivity contribution >= 4 is 16.8 Å². The number of carbonyl (C=O) groups is 1. The molecule has 1 aliphatic rings. The molecule has 2 aromatic rings.